The first-order chi connectivity index (χ1) is 4.38. The smallest absolute Gasteiger partial charge is 0.0115 e. The van der Waals surface area contributed by atoms with Crippen LogP contribution in [0.3, 0.4) is 0 Å². The van der Waals surface area contributed by atoms with Crippen LogP contribution < -0.4 is 5.73 Å². The Hall–Kier alpha value is -0.0500. The van der Waals surface area contributed by atoms with E-state index in [9.17, 15) is 0 Å². The lowest BCUT2D eigenvalue weighted by molar-refractivity contribution is 0.995. The van der Waals surface area contributed by atoms with E-state index in [2.05, 4.69) is 16.8 Å². The summed E-state index contributed by atoms with van der Waals surface area (Å²) in [5, 5.41) is 4.30. The van der Waals surface area contributed by atoms with Gasteiger partial charge >= 0.3 is 0 Å². The number of hydrogen-bond donors (Lipinski definition) is 1. The minimum absolute atomic E-state index is 0. The van der Waals surface area contributed by atoms with Crippen molar-refractivity contribution >= 4 is 23.7 Å². The molecule has 1 aromatic heterocycles. The topological polar surface area (TPSA) is 26.0 Å². The van der Waals surface area contributed by atoms with Crippen molar-refractivity contribution in [2.24, 2.45) is 5.73 Å². The van der Waals surface area contributed by atoms with Crippen LogP contribution in [0.4, 0.5) is 0 Å². The molecule has 1 aromatic rings. The van der Waals surface area contributed by atoms with Crippen LogP contribution in [0.2, 0.25) is 0 Å². The van der Waals surface area contributed by atoms with Crippen molar-refractivity contribution in [3.63, 3.8) is 0 Å². The minimum atomic E-state index is 0. The molecular weight excluding hydrogens is 166 g/mol. The van der Waals surface area contributed by atoms with Crippen LogP contribution in [0, 0.1) is 0 Å². The largest absolute Gasteiger partial charge is 0.327 e. The quantitative estimate of drug-likeness (QED) is 0.694. The molecule has 1 fully saturated rings. The fraction of sp³-hybridized carbons (Fsp3) is 0.429. The van der Waals surface area contributed by atoms with E-state index in [-0.39, 0.29) is 12.4 Å². The summed E-state index contributed by atoms with van der Waals surface area (Å²) in [6, 6.07) is 2.63. The number of rotatable bonds is 1. The Morgan fingerprint density at radius 2 is 2.30 bits per heavy atom. The Balaban J connectivity index is 0.000000500. The highest BCUT2D eigenvalue weighted by Gasteiger charge is 2.34. The van der Waals surface area contributed by atoms with Gasteiger partial charge in [0, 0.05) is 12.0 Å². The molecular formula is C7H10ClNS. The average Bonchev–Trinajstić information content (AvgIpc) is 2.44. The Labute approximate surface area is 70.7 Å². The summed E-state index contributed by atoms with van der Waals surface area (Å²) in [5.41, 5.74) is 7.10. The Bertz CT molecular complexity index is 197. The predicted octanol–water partition coefficient (Wildman–Crippen LogP) is 1.98. The maximum absolute atomic E-state index is 5.66. The molecule has 1 aliphatic carbocycles. The van der Waals surface area contributed by atoms with E-state index in [0.29, 0.717) is 12.0 Å². The highest BCUT2D eigenvalue weighted by Crippen LogP contribution is 2.39. The van der Waals surface area contributed by atoms with Crippen LogP contribution in [0.25, 0.3) is 0 Å². The van der Waals surface area contributed by atoms with Gasteiger partial charge in [-0.15, -0.1) is 12.4 Å². The summed E-state index contributed by atoms with van der Waals surface area (Å²) < 4.78 is 0. The molecule has 1 heterocycles. The Morgan fingerprint density at radius 1 is 1.60 bits per heavy atom. The molecule has 3 heteroatoms. The average molecular weight is 176 g/mol. The maximum Gasteiger partial charge on any atom is 0.0115 e. The first-order valence-corrected chi connectivity index (χ1v) is 4.10. The van der Waals surface area contributed by atoms with Crippen molar-refractivity contribution in [1.82, 2.24) is 0 Å². The summed E-state index contributed by atoms with van der Waals surface area (Å²) in [7, 11) is 0. The van der Waals surface area contributed by atoms with Crippen LogP contribution in [-0.4, -0.2) is 6.04 Å². The molecule has 2 rings (SSSR count). The molecule has 0 unspecified atom stereocenters. The van der Waals surface area contributed by atoms with Crippen molar-refractivity contribution in [2.75, 3.05) is 0 Å². The summed E-state index contributed by atoms with van der Waals surface area (Å²) >= 11 is 1.75. The van der Waals surface area contributed by atoms with E-state index in [1.54, 1.807) is 11.3 Å². The third-order valence-electron chi connectivity index (χ3n) is 1.81. The predicted molar refractivity (Wildman–Crippen MR) is 46.9 cm³/mol. The molecule has 1 nitrogen and oxygen atoms in total. The molecule has 0 amide bonds. The molecule has 1 aliphatic rings. The fourth-order valence-corrected chi connectivity index (χ4v) is 1.81. The fourth-order valence-electron chi connectivity index (χ4n) is 1.08. The number of hydrogen-bond acceptors (Lipinski definition) is 2. The van der Waals surface area contributed by atoms with E-state index >= 15 is 0 Å². The van der Waals surface area contributed by atoms with Gasteiger partial charge in [0.15, 0.2) is 0 Å². The molecule has 2 N–H and O–H groups in total. The zero-order valence-electron chi connectivity index (χ0n) is 5.49. The lowest BCUT2D eigenvalue weighted by atomic mass is 10.2. The van der Waals surface area contributed by atoms with Gasteiger partial charge in [-0.05, 0) is 28.8 Å². The van der Waals surface area contributed by atoms with Crippen LogP contribution in [0.1, 0.15) is 17.9 Å². The monoisotopic (exact) mass is 175 g/mol. The van der Waals surface area contributed by atoms with E-state index in [0.717, 1.165) is 0 Å². The second-order valence-electron chi connectivity index (χ2n) is 2.56. The van der Waals surface area contributed by atoms with Crippen LogP contribution in [-0.2, 0) is 0 Å². The first kappa shape index (κ1) is 8.05. The van der Waals surface area contributed by atoms with E-state index in [1.165, 1.54) is 12.0 Å². The van der Waals surface area contributed by atoms with Gasteiger partial charge < -0.3 is 5.73 Å². The minimum Gasteiger partial charge on any atom is -0.327 e. The van der Waals surface area contributed by atoms with Crippen LogP contribution in [0.5, 0.6) is 0 Å². The zero-order valence-corrected chi connectivity index (χ0v) is 7.12. The summed E-state index contributed by atoms with van der Waals surface area (Å²) in [5.74, 6) is 0.691. The Kier molecular flexibility index (Phi) is 2.34. The lowest BCUT2D eigenvalue weighted by Crippen LogP contribution is -1.99. The summed E-state index contributed by atoms with van der Waals surface area (Å²) in [4.78, 5) is 0. The molecule has 0 aliphatic heterocycles. The SMILES string of the molecule is Cl.N[C@@H]1C[C@H]1c1ccsc1. The van der Waals surface area contributed by atoms with E-state index < -0.39 is 0 Å². The molecule has 10 heavy (non-hydrogen) atoms. The van der Waals surface area contributed by atoms with Crippen molar-refractivity contribution in [1.29, 1.82) is 0 Å². The standard InChI is InChI=1S/C7H9NS.ClH/c8-7-3-6(7)5-1-2-9-4-5;/h1-2,4,6-7H,3,8H2;1H/t6-,7+;/m0./s1. The second-order valence-corrected chi connectivity index (χ2v) is 3.34. The number of nitrogens with two attached hydrogens (primary N) is 1. The van der Waals surface area contributed by atoms with Gasteiger partial charge in [-0.25, -0.2) is 0 Å². The summed E-state index contributed by atoms with van der Waals surface area (Å²) in [6.07, 6.45) is 1.19. The number of thiophene rings is 1. The van der Waals surface area contributed by atoms with Gasteiger partial charge in [-0.3, -0.25) is 0 Å². The van der Waals surface area contributed by atoms with Crippen molar-refractivity contribution in [3.8, 4) is 0 Å². The molecule has 0 spiro atoms. The normalized spacial score (nSPS) is 29.3. The third kappa shape index (κ3) is 1.34. The van der Waals surface area contributed by atoms with Gasteiger partial charge in [0.25, 0.3) is 0 Å². The van der Waals surface area contributed by atoms with Crippen molar-refractivity contribution in [3.05, 3.63) is 22.4 Å². The van der Waals surface area contributed by atoms with Gasteiger partial charge in [-0.1, -0.05) is 0 Å². The molecule has 0 bridgehead atoms. The van der Waals surface area contributed by atoms with Crippen LogP contribution >= 0.6 is 23.7 Å². The highest BCUT2D eigenvalue weighted by atomic mass is 35.5. The molecule has 0 radical (unpaired) electrons. The third-order valence-corrected chi connectivity index (χ3v) is 2.51. The van der Waals surface area contributed by atoms with Gasteiger partial charge in [-0.2, -0.15) is 11.3 Å². The lowest BCUT2D eigenvalue weighted by Gasteiger charge is -1.86. The van der Waals surface area contributed by atoms with Gasteiger partial charge in [0.05, 0.1) is 0 Å². The highest BCUT2D eigenvalue weighted by molar-refractivity contribution is 7.08. The molecule has 0 saturated heterocycles. The Morgan fingerprint density at radius 3 is 2.70 bits per heavy atom. The maximum atomic E-state index is 5.66. The second kappa shape index (κ2) is 2.91. The summed E-state index contributed by atoms with van der Waals surface area (Å²) in [6.45, 7) is 0. The van der Waals surface area contributed by atoms with E-state index in [4.69, 9.17) is 5.73 Å². The first-order valence-electron chi connectivity index (χ1n) is 3.15. The van der Waals surface area contributed by atoms with Gasteiger partial charge in [0.1, 0.15) is 0 Å². The molecule has 1 saturated carbocycles. The molecule has 56 valence electrons. The van der Waals surface area contributed by atoms with Crippen molar-refractivity contribution < 1.29 is 0 Å². The van der Waals surface area contributed by atoms with Gasteiger partial charge in [0.2, 0.25) is 0 Å². The zero-order chi connectivity index (χ0) is 6.27. The van der Waals surface area contributed by atoms with Crippen LogP contribution in [0.15, 0.2) is 16.8 Å². The molecule has 0 aromatic carbocycles. The number of halogens is 1. The van der Waals surface area contributed by atoms with E-state index in [1.807, 2.05) is 0 Å². The van der Waals surface area contributed by atoms with Crippen molar-refractivity contribution in [2.45, 2.75) is 18.4 Å². The molecule has 2 atom stereocenters.